The summed E-state index contributed by atoms with van der Waals surface area (Å²) in [7, 11) is -5.64. The van der Waals surface area contributed by atoms with Crippen molar-refractivity contribution < 1.29 is 43.8 Å². The fourth-order valence-electron chi connectivity index (χ4n) is 3.13. The zero-order chi connectivity index (χ0) is 25.7. The highest BCUT2D eigenvalue weighted by Crippen LogP contribution is 2.27. The van der Waals surface area contributed by atoms with Crippen molar-refractivity contribution in [2.75, 3.05) is 45.2 Å². The predicted molar refractivity (Wildman–Crippen MR) is 134 cm³/mol. The van der Waals surface area contributed by atoms with E-state index in [0.29, 0.717) is 12.8 Å². The molecule has 2 N–H and O–H groups in total. The Kier molecular flexibility index (Phi) is 17.8. The van der Waals surface area contributed by atoms with Crippen LogP contribution in [0.1, 0.15) is 33.1 Å². The number of allylic oxidation sites excluding steroid dienone is 4. The van der Waals surface area contributed by atoms with Crippen molar-refractivity contribution in [3.63, 3.8) is 0 Å². The second-order valence-corrected chi connectivity index (χ2v) is 14.3. The monoisotopic (exact) mass is 570 g/mol. The maximum absolute atomic E-state index is 10.9. The van der Waals surface area contributed by atoms with E-state index < -0.39 is 29.3 Å². The highest BCUT2D eigenvalue weighted by molar-refractivity contribution is 8.13. The Balaban J connectivity index is 0. The lowest BCUT2D eigenvalue weighted by Crippen LogP contribution is -2.27. The van der Waals surface area contributed by atoms with Crippen LogP contribution in [0.25, 0.3) is 0 Å². The van der Waals surface area contributed by atoms with Crippen LogP contribution in [0.5, 0.6) is 0 Å². The first-order valence-corrected chi connectivity index (χ1v) is 16.5. The molecular formula is C20H39ClO10S3. The molecule has 2 aliphatic rings. The van der Waals surface area contributed by atoms with E-state index in [1.54, 1.807) is 0 Å². The van der Waals surface area contributed by atoms with Crippen molar-refractivity contribution >= 4 is 40.0 Å². The van der Waals surface area contributed by atoms with E-state index in [1.165, 1.54) is 0 Å². The summed E-state index contributed by atoms with van der Waals surface area (Å²) in [5, 5.41) is 17.7. The molecule has 10 nitrogen and oxygen atoms in total. The second-order valence-electron chi connectivity index (χ2n) is 7.95. The van der Waals surface area contributed by atoms with Crippen molar-refractivity contribution in [3.8, 4) is 0 Å². The molecule has 0 aromatic heterocycles. The molecule has 4 atom stereocenters. The smallest absolute Gasteiger partial charge is 0.264 e. The molecule has 2 rings (SSSR count). The summed E-state index contributed by atoms with van der Waals surface area (Å²) in [6, 6.07) is 0. The Morgan fingerprint density at radius 2 is 0.912 bits per heavy atom. The molecule has 34 heavy (non-hydrogen) atoms. The zero-order valence-electron chi connectivity index (χ0n) is 19.0. The molecule has 0 aromatic carbocycles. The van der Waals surface area contributed by atoms with E-state index in [9.17, 15) is 25.3 Å². The van der Waals surface area contributed by atoms with Gasteiger partial charge in [0.15, 0.2) is 0 Å². The Hall–Kier alpha value is -0.540. The van der Waals surface area contributed by atoms with Crippen molar-refractivity contribution in [1.29, 1.82) is 0 Å². The van der Waals surface area contributed by atoms with Gasteiger partial charge in [-0.25, -0.2) is 8.42 Å². The van der Waals surface area contributed by atoms with E-state index in [4.69, 9.17) is 18.6 Å². The molecule has 0 aromatic rings. The van der Waals surface area contributed by atoms with Crippen LogP contribution >= 0.6 is 10.7 Å². The molecule has 0 fully saturated rings. The molecule has 0 saturated heterocycles. The van der Waals surface area contributed by atoms with Crippen molar-refractivity contribution in [2.45, 2.75) is 33.1 Å². The molecule has 0 radical (unpaired) electrons. The molecule has 0 saturated carbocycles. The molecule has 0 heterocycles. The molecule has 2 aliphatic carbocycles. The minimum Gasteiger partial charge on any atom is -0.396 e. The third kappa shape index (κ3) is 20.8. The number of aliphatic hydroxyl groups is 2. The van der Waals surface area contributed by atoms with E-state index in [2.05, 4.69) is 22.8 Å². The van der Waals surface area contributed by atoms with Gasteiger partial charge in [-0.2, -0.15) is 16.8 Å². The van der Waals surface area contributed by atoms with E-state index in [0.717, 1.165) is 31.6 Å². The van der Waals surface area contributed by atoms with Gasteiger partial charge in [-0.3, -0.25) is 8.37 Å². The van der Waals surface area contributed by atoms with Gasteiger partial charge < -0.3 is 10.2 Å². The van der Waals surface area contributed by atoms with Crippen molar-refractivity contribution in [2.24, 2.45) is 23.7 Å². The Bertz CT molecular complexity index is 860. The van der Waals surface area contributed by atoms with Gasteiger partial charge in [-0.15, -0.1) is 0 Å². The van der Waals surface area contributed by atoms with Gasteiger partial charge in [0, 0.05) is 23.9 Å². The lowest BCUT2D eigenvalue weighted by molar-refractivity contribution is 0.118. The highest BCUT2D eigenvalue weighted by Gasteiger charge is 2.25. The van der Waals surface area contributed by atoms with Gasteiger partial charge in [-0.05, 0) is 49.4 Å². The maximum atomic E-state index is 10.9. The number of aliphatic hydroxyl groups excluding tert-OH is 2. The minimum atomic E-state index is -3.47. The summed E-state index contributed by atoms with van der Waals surface area (Å²) < 4.78 is 72.0. The quantitative estimate of drug-likeness (QED) is 0.250. The van der Waals surface area contributed by atoms with Crippen LogP contribution in [0.3, 0.4) is 0 Å². The van der Waals surface area contributed by atoms with Crippen LogP contribution in [0.15, 0.2) is 24.3 Å². The molecular weight excluding hydrogens is 532 g/mol. The second kappa shape index (κ2) is 17.0. The van der Waals surface area contributed by atoms with E-state index >= 15 is 0 Å². The lowest BCUT2D eigenvalue weighted by atomic mass is 9.84. The summed E-state index contributed by atoms with van der Waals surface area (Å²) >= 11 is 0. The number of hydrogen-bond acceptors (Lipinski definition) is 10. The van der Waals surface area contributed by atoms with Crippen LogP contribution in [-0.2, 0) is 37.7 Å². The van der Waals surface area contributed by atoms with Crippen LogP contribution in [-0.4, -0.2) is 80.7 Å². The standard InChI is InChI=1S/C10H18O6S2.C8H14O2.CH3ClO2S.CH4/c1-17(11,12)15-7-9-5-3-4-6-10(9)8-16-18(2,13)14;9-5-7-3-1-2-4-8(7)6-10;1-5(2,3)4;/h3-4,9-10H,5-8H2,1-2H3;1-2,7-10H,3-6H2;1H3;1H4. The third-order valence-corrected chi connectivity index (χ3v) is 6.01. The summed E-state index contributed by atoms with van der Waals surface area (Å²) in [6.45, 7) is 0.521. The molecule has 0 aliphatic heterocycles. The first-order valence-electron chi connectivity index (χ1n) is 10.2. The Morgan fingerprint density at radius 3 is 1.12 bits per heavy atom. The minimum absolute atomic E-state index is 0. The molecule has 0 spiro atoms. The SMILES string of the molecule is C.CS(=O)(=O)Cl.CS(=O)(=O)OCC1CC=CCC1COS(C)(=O)=O.OCC1CC=CCC1CO. The fraction of sp³-hybridized carbons (Fsp3) is 0.800. The number of rotatable bonds is 8. The van der Waals surface area contributed by atoms with Crippen LogP contribution < -0.4 is 0 Å². The summed E-state index contributed by atoms with van der Waals surface area (Å²) in [5.74, 6) is 0.475. The molecule has 4 unspecified atom stereocenters. The third-order valence-electron chi connectivity index (χ3n) is 4.88. The summed E-state index contributed by atoms with van der Waals surface area (Å²) in [5.41, 5.74) is 0. The summed E-state index contributed by atoms with van der Waals surface area (Å²) in [4.78, 5) is 0. The van der Waals surface area contributed by atoms with E-state index in [-0.39, 0.29) is 57.5 Å². The fourth-order valence-corrected chi connectivity index (χ4v) is 3.98. The summed E-state index contributed by atoms with van der Waals surface area (Å²) in [6.07, 6.45) is 14.1. The molecule has 204 valence electrons. The van der Waals surface area contributed by atoms with E-state index in [1.807, 2.05) is 12.2 Å². The maximum Gasteiger partial charge on any atom is 0.264 e. The van der Waals surface area contributed by atoms with Gasteiger partial charge >= 0.3 is 0 Å². The zero-order valence-corrected chi connectivity index (χ0v) is 22.2. The van der Waals surface area contributed by atoms with Crippen molar-refractivity contribution in [1.82, 2.24) is 0 Å². The van der Waals surface area contributed by atoms with Gasteiger partial charge in [0.05, 0.1) is 32.0 Å². The van der Waals surface area contributed by atoms with Crippen molar-refractivity contribution in [3.05, 3.63) is 24.3 Å². The Morgan fingerprint density at radius 1 is 0.676 bits per heavy atom. The first-order chi connectivity index (χ1) is 15.1. The van der Waals surface area contributed by atoms with Crippen LogP contribution in [0, 0.1) is 23.7 Å². The average molecular weight is 571 g/mol. The highest BCUT2D eigenvalue weighted by atomic mass is 35.7. The lowest BCUT2D eigenvalue weighted by Gasteiger charge is -2.27. The van der Waals surface area contributed by atoms with Gasteiger partial charge in [-0.1, -0.05) is 31.7 Å². The Labute approximate surface area is 209 Å². The predicted octanol–water partition coefficient (Wildman–Crippen LogP) is 1.90. The van der Waals surface area contributed by atoms with Gasteiger partial charge in [0.25, 0.3) is 20.2 Å². The number of hydrogen-bond donors (Lipinski definition) is 2. The average Bonchev–Trinajstić information content (AvgIpc) is 2.69. The van der Waals surface area contributed by atoms with Crippen LogP contribution in [0.2, 0.25) is 0 Å². The largest absolute Gasteiger partial charge is 0.396 e. The normalized spacial score (nSPS) is 24.6. The van der Waals surface area contributed by atoms with Gasteiger partial charge in [0.1, 0.15) is 0 Å². The topological polar surface area (TPSA) is 161 Å². The molecule has 14 heteroatoms. The molecule has 0 bridgehead atoms. The van der Waals surface area contributed by atoms with Crippen LogP contribution in [0.4, 0.5) is 0 Å². The molecule has 0 amide bonds. The first kappa shape index (κ1) is 35.6. The van der Waals surface area contributed by atoms with Gasteiger partial charge in [0.2, 0.25) is 9.05 Å². The number of halogens is 1.